The highest BCUT2D eigenvalue weighted by molar-refractivity contribution is 5.76. The lowest BCUT2D eigenvalue weighted by Gasteiger charge is -2.30. The fourth-order valence-corrected chi connectivity index (χ4v) is 12.2. The second-order valence-corrected chi connectivity index (χ2v) is 35.2. The van der Waals surface area contributed by atoms with Crippen LogP contribution in [-0.4, -0.2) is 90.5 Å². The third kappa shape index (κ3) is 40.7. The lowest BCUT2D eigenvalue weighted by Crippen LogP contribution is -2.25. The van der Waals surface area contributed by atoms with Crippen LogP contribution in [-0.2, 0) is 99.5 Å². The summed E-state index contributed by atoms with van der Waals surface area (Å²) in [5, 5.41) is 38.0. The number of phenols is 3. The number of ether oxygens (including phenoxy) is 4. The Balaban J connectivity index is 0.00000141. The van der Waals surface area contributed by atoms with E-state index in [1.807, 2.05) is 39.8 Å². The number of carbonyl (C=O) groups is 6. The van der Waals surface area contributed by atoms with Crippen LogP contribution in [0, 0.1) is 27.7 Å². The number of nitrogens with one attached hydrogen (secondary N) is 2. The Morgan fingerprint density at radius 3 is 1.00 bits per heavy atom. The second-order valence-electron chi connectivity index (χ2n) is 35.2. The molecular weight excluding hydrogens is 1350 g/mol. The summed E-state index contributed by atoms with van der Waals surface area (Å²) in [6, 6.07) is 15.1. The molecule has 0 radical (unpaired) electrons. The standard InChI is InChI=1S/C26H44N2O3.C26H42O5.C25H36O.C11H22O2.C5H10O2/c1-8-22(29)27-15-11-9-10-12-16-28-23(30)14-13-19-17-20(25(2,3)4)24(31)21(18-19)26(5,6)7;1-8-22(27)30-15-11-9-10-12-16-31-23(28)14-13-19-17-20(25(2,3)4)24(29)21(18-19)26(5,6)7;1-15-11-20(17(3)23(26)16(15)2)12-19-13-21(24(5,6)7)18(4)22(14-19)25(8,9)10;1-3-5-6-7-8-9-10-13-11(12)4-2;1-3-5(6)7-4-2/h17-18,31H,8-16H2,1-7H3,(H,27,29)(H,28,30);17-18,29H,8-16H2,1-7H3;11,13-14,26H,12H2,1-10H3;3-10H2,1-2H3;3-4H2,1-2H3. The Kier molecular flexibility index (Phi) is 46.9. The van der Waals surface area contributed by atoms with Crippen molar-refractivity contribution >= 4 is 35.7 Å². The Morgan fingerprint density at radius 1 is 0.333 bits per heavy atom. The maximum Gasteiger partial charge on any atom is 0.306 e. The quantitative estimate of drug-likeness (QED) is 0.0167. The minimum Gasteiger partial charge on any atom is -0.507 e. The monoisotopic (exact) mass is 1510 g/mol. The van der Waals surface area contributed by atoms with Gasteiger partial charge in [-0.05, 0) is 209 Å². The number of amides is 2. The molecule has 5 N–H and O–H groups in total. The van der Waals surface area contributed by atoms with Crippen molar-refractivity contribution in [2.45, 2.75) is 374 Å². The normalized spacial score (nSPS) is 11.6. The zero-order chi connectivity index (χ0) is 83.0. The molecule has 0 aliphatic carbocycles. The molecule has 4 aromatic rings. The molecule has 15 nitrogen and oxygen atoms in total. The van der Waals surface area contributed by atoms with Gasteiger partial charge in [0.05, 0.1) is 26.4 Å². The van der Waals surface area contributed by atoms with Crippen molar-refractivity contribution < 1.29 is 63.0 Å². The van der Waals surface area contributed by atoms with Gasteiger partial charge in [-0.25, -0.2) is 0 Å². The summed E-state index contributed by atoms with van der Waals surface area (Å²) < 4.78 is 19.9. The van der Waals surface area contributed by atoms with E-state index in [0.717, 1.165) is 121 Å². The van der Waals surface area contributed by atoms with Gasteiger partial charge < -0.3 is 44.9 Å². The van der Waals surface area contributed by atoms with E-state index in [1.54, 1.807) is 20.8 Å². The lowest BCUT2D eigenvalue weighted by molar-refractivity contribution is -0.144. The summed E-state index contributed by atoms with van der Waals surface area (Å²) in [6.07, 6.45) is 19.8. The number of carbonyl (C=O) groups excluding carboxylic acids is 6. The molecule has 2 amide bonds. The third-order valence-electron chi connectivity index (χ3n) is 19.0. The highest BCUT2D eigenvalue weighted by Crippen LogP contribution is 2.42. The number of hydrogen-bond donors (Lipinski definition) is 5. The van der Waals surface area contributed by atoms with E-state index in [1.165, 1.54) is 59.9 Å². The molecule has 0 aliphatic heterocycles. The van der Waals surface area contributed by atoms with Crippen LogP contribution < -0.4 is 10.6 Å². The molecule has 614 valence electrons. The Morgan fingerprint density at radius 2 is 0.657 bits per heavy atom. The third-order valence-corrected chi connectivity index (χ3v) is 19.0. The highest BCUT2D eigenvalue weighted by atomic mass is 16.5. The van der Waals surface area contributed by atoms with Gasteiger partial charge in [-0.3, -0.25) is 28.8 Å². The molecule has 0 saturated carbocycles. The molecule has 0 bridgehead atoms. The largest absolute Gasteiger partial charge is 0.507 e. The van der Waals surface area contributed by atoms with Crippen LogP contribution in [0.2, 0.25) is 0 Å². The highest BCUT2D eigenvalue weighted by Gasteiger charge is 2.30. The van der Waals surface area contributed by atoms with Crippen LogP contribution in [0.25, 0.3) is 0 Å². The van der Waals surface area contributed by atoms with Gasteiger partial charge in [0.1, 0.15) is 17.2 Å². The Hall–Kier alpha value is -6.90. The molecule has 4 aromatic carbocycles. The molecule has 0 spiro atoms. The lowest BCUT2D eigenvalue weighted by atomic mass is 9.75. The van der Waals surface area contributed by atoms with E-state index < -0.39 is 0 Å². The first kappa shape index (κ1) is 101. The Bertz CT molecular complexity index is 3120. The van der Waals surface area contributed by atoms with Crippen molar-refractivity contribution in [3.05, 3.63) is 120 Å². The van der Waals surface area contributed by atoms with Gasteiger partial charge in [0.2, 0.25) is 11.8 Å². The van der Waals surface area contributed by atoms with Gasteiger partial charge in [0, 0.05) is 51.6 Å². The molecule has 0 fully saturated rings. The SMILES string of the molecule is CCC(=O)NCCCCCCNC(=O)CCc1cc(C(C)(C)C)c(O)c(C(C)(C)C)c1.CCC(=O)OCCCCCCOC(=O)CCc1cc(C(C)(C)C)c(O)c(C(C)(C)C)c1.CCCCCCCCOC(=O)CC.CCOC(=O)CC.Cc1cc(Cc2cc(C(C)(C)C)c(C)c(C(C)(C)C)c2)c(C)c(O)c1C. The first-order valence-corrected chi connectivity index (χ1v) is 40.9. The van der Waals surface area contributed by atoms with Crippen molar-refractivity contribution in [1.82, 2.24) is 10.6 Å². The first-order valence-electron chi connectivity index (χ1n) is 40.9. The number of benzene rings is 4. The summed E-state index contributed by atoms with van der Waals surface area (Å²) in [5.41, 5.74) is 15.3. The maximum absolute atomic E-state index is 12.3. The van der Waals surface area contributed by atoms with Crippen LogP contribution in [0.1, 0.15) is 372 Å². The van der Waals surface area contributed by atoms with E-state index in [0.29, 0.717) is 102 Å². The number of phenolic OH excluding ortho intramolecular Hbond substituents is 3. The Labute approximate surface area is 657 Å². The van der Waals surface area contributed by atoms with Crippen LogP contribution >= 0.6 is 0 Å². The van der Waals surface area contributed by atoms with Gasteiger partial charge in [0.25, 0.3) is 0 Å². The minimum absolute atomic E-state index is 0.0675. The van der Waals surface area contributed by atoms with E-state index in [9.17, 15) is 44.1 Å². The molecule has 0 aliphatic rings. The molecule has 4 rings (SSSR count). The van der Waals surface area contributed by atoms with E-state index in [-0.39, 0.29) is 68.2 Å². The predicted molar refractivity (Wildman–Crippen MR) is 448 cm³/mol. The van der Waals surface area contributed by atoms with Crippen LogP contribution in [0.4, 0.5) is 0 Å². The summed E-state index contributed by atoms with van der Waals surface area (Å²) >= 11 is 0. The number of rotatable bonds is 34. The molecule has 0 unspecified atom stereocenters. The molecule has 0 saturated heterocycles. The first-order chi connectivity index (χ1) is 50.1. The molecule has 15 heteroatoms. The average molecular weight is 1510 g/mol. The van der Waals surface area contributed by atoms with Crippen LogP contribution in [0.5, 0.6) is 17.2 Å². The van der Waals surface area contributed by atoms with E-state index in [4.69, 9.17) is 14.2 Å². The number of unbranched alkanes of at least 4 members (excludes halogenated alkanes) is 11. The van der Waals surface area contributed by atoms with E-state index in [2.05, 4.69) is 191 Å². The van der Waals surface area contributed by atoms with Crippen molar-refractivity contribution in [2.24, 2.45) is 0 Å². The number of aryl methyl sites for hydroxylation is 3. The van der Waals surface area contributed by atoms with Crippen molar-refractivity contribution in [3.8, 4) is 17.2 Å². The predicted octanol–water partition coefficient (Wildman–Crippen LogP) is 22.2. The van der Waals surface area contributed by atoms with Gasteiger partial charge >= 0.3 is 23.9 Å². The molecule has 0 aromatic heterocycles. The average Bonchev–Trinajstić information content (AvgIpc) is 0.786. The number of esters is 4. The molecule has 0 atom stereocenters. The van der Waals surface area contributed by atoms with Crippen molar-refractivity contribution in [1.29, 1.82) is 0 Å². The van der Waals surface area contributed by atoms with Crippen LogP contribution in [0.15, 0.2) is 42.5 Å². The fraction of sp³-hybridized carbons (Fsp3) is 0.677. The van der Waals surface area contributed by atoms with Gasteiger partial charge in [-0.2, -0.15) is 0 Å². The topological polar surface area (TPSA) is 224 Å². The number of hydrogen-bond acceptors (Lipinski definition) is 13. The summed E-state index contributed by atoms with van der Waals surface area (Å²) in [6.45, 7) is 61.9. The van der Waals surface area contributed by atoms with Gasteiger partial charge in [-0.1, -0.05) is 247 Å². The molecule has 108 heavy (non-hydrogen) atoms. The van der Waals surface area contributed by atoms with Crippen LogP contribution in [0.3, 0.4) is 0 Å². The maximum atomic E-state index is 12.3. The molecule has 0 heterocycles. The minimum atomic E-state index is -0.195. The molecular formula is C93H154N2O13. The fourth-order valence-electron chi connectivity index (χ4n) is 12.2. The smallest absolute Gasteiger partial charge is 0.306 e. The zero-order valence-corrected chi connectivity index (χ0v) is 73.5. The van der Waals surface area contributed by atoms with Gasteiger partial charge in [-0.15, -0.1) is 0 Å². The van der Waals surface area contributed by atoms with Gasteiger partial charge in [0.15, 0.2) is 0 Å². The van der Waals surface area contributed by atoms with E-state index >= 15 is 0 Å². The summed E-state index contributed by atoms with van der Waals surface area (Å²) in [7, 11) is 0. The summed E-state index contributed by atoms with van der Waals surface area (Å²) in [4.78, 5) is 67.6. The summed E-state index contributed by atoms with van der Waals surface area (Å²) in [5.74, 6) is 0.794. The second kappa shape index (κ2) is 50.1. The van der Waals surface area contributed by atoms with Crippen molar-refractivity contribution in [3.63, 3.8) is 0 Å². The van der Waals surface area contributed by atoms with Crippen molar-refractivity contribution in [2.75, 3.05) is 39.5 Å². The number of aromatic hydroxyl groups is 3. The zero-order valence-electron chi connectivity index (χ0n) is 73.5.